The van der Waals surface area contributed by atoms with Crippen LogP contribution in [0.4, 0.5) is 0 Å². The van der Waals surface area contributed by atoms with Gasteiger partial charge in [-0.05, 0) is 80.8 Å². The third-order valence-corrected chi connectivity index (χ3v) is 7.56. The van der Waals surface area contributed by atoms with E-state index in [9.17, 15) is 9.59 Å². The molecule has 4 bridgehead atoms. The van der Waals surface area contributed by atoms with Crippen LogP contribution in [0, 0.1) is 23.2 Å². The number of hydrogen-bond donors (Lipinski definition) is 2. The third-order valence-electron chi connectivity index (χ3n) is 6.45. The maximum absolute atomic E-state index is 12.5. The SMILES string of the molecule is C[C@@H](Sc1ccccc1)C(=O)NNC(=O)CC12CC3CC(CC(C3)C1)C2. The van der Waals surface area contributed by atoms with Gasteiger partial charge in [-0.3, -0.25) is 20.4 Å². The van der Waals surface area contributed by atoms with Crippen LogP contribution in [0.25, 0.3) is 0 Å². The minimum atomic E-state index is -0.253. The summed E-state index contributed by atoms with van der Waals surface area (Å²) in [4.78, 5) is 25.8. The molecule has 5 heteroatoms. The number of hydrazine groups is 1. The third kappa shape index (κ3) is 3.93. The zero-order valence-electron chi connectivity index (χ0n) is 15.4. The molecule has 0 saturated heterocycles. The summed E-state index contributed by atoms with van der Waals surface area (Å²) < 4.78 is 0. The summed E-state index contributed by atoms with van der Waals surface area (Å²) in [6, 6.07) is 9.85. The molecule has 1 aromatic rings. The van der Waals surface area contributed by atoms with Gasteiger partial charge in [0.2, 0.25) is 5.91 Å². The molecule has 1 atom stereocenters. The predicted molar refractivity (Wildman–Crippen MR) is 103 cm³/mol. The molecular weight excluding hydrogens is 344 g/mol. The molecule has 5 rings (SSSR count). The van der Waals surface area contributed by atoms with Crippen molar-refractivity contribution in [1.82, 2.24) is 10.9 Å². The lowest BCUT2D eigenvalue weighted by molar-refractivity contribution is -0.134. The number of hydrogen-bond acceptors (Lipinski definition) is 3. The van der Waals surface area contributed by atoms with Crippen molar-refractivity contribution < 1.29 is 9.59 Å². The lowest BCUT2D eigenvalue weighted by atomic mass is 9.49. The minimum absolute atomic E-state index is 0.0304. The van der Waals surface area contributed by atoms with Crippen molar-refractivity contribution in [3.05, 3.63) is 30.3 Å². The normalized spacial score (nSPS) is 32.9. The van der Waals surface area contributed by atoms with Crippen molar-refractivity contribution in [2.75, 3.05) is 0 Å². The summed E-state index contributed by atoms with van der Waals surface area (Å²) in [6.45, 7) is 1.86. The summed E-state index contributed by atoms with van der Waals surface area (Å²) in [6.07, 6.45) is 8.34. The van der Waals surface area contributed by atoms with E-state index in [0.717, 1.165) is 22.6 Å². The Morgan fingerprint density at radius 3 is 2.19 bits per heavy atom. The van der Waals surface area contributed by atoms with E-state index < -0.39 is 0 Å². The second-order valence-electron chi connectivity index (χ2n) is 8.70. The van der Waals surface area contributed by atoms with Gasteiger partial charge >= 0.3 is 0 Å². The monoisotopic (exact) mass is 372 g/mol. The van der Waals surface area contributed by atoms with Crippen LogP contribution in [0.5, 0.6) is 0 Å². The Kier molecular flexibility index (Phi) is 5.00. The molecular formula is C21H28N2O2S. The molecule has 0 aromatic heterocycles. The van der Waals surface area contributed by atoms with E-state index in [1.54, 1.807) is 0 Å². The Bertz CT molecular complexity index is 641. The van der Waals surface area contributed by atoms with Crippen molar-refractivity contribution in [2.45, 2.75) is 62.0 Å². The molecule has 26 heavy (non-hydrogen) atoms. The lowest BCUT2D eigenvalue weighted by Crippen LogP contribution is -2.50. The van der Waals surface area contributed by atoms with Gasteiger partial charge < -0.3 is 0 Å². The van der Waals surface area contributed by atoms with Crippen LogP contribution in [0.1, 0.15) is 51.9 Å². The highest BCUT2D eigenvalue weighted by atomic mass is 32.2. The molecule has 0 radical (unpaired) electrons. The van der Waals surface area contributed by atoms with E-state index in [2.05, 4.69) is 10.9 Å². The van der Waals surface area contributed by atoms with Gasteiger partial charge in [-0.15, -0.1) is 11.8 Å². The summed E-state index contributed by atoms with van der Waals surface area (Å²) in [7, 11) is 0. The van der Waals surface area contributed by atoms with Crippen molar-refractivity contribution in [3.63, 3.8) is 0 Å². The summed E-state index contributed by atoms with van der Waals surface area (Å²) in [5.74, 6) is 2.33. The Morgan fingerprint density at radius 1 is 1.04 bits per heavy atom. The van der Waals surface area contributed by atoms with Crippen LogP contribution < -0.4 is 10.9 Å². The first kappa shape index (κ1) is 17.9. The number of thioether (sulfide) groups is 1. The molecule has 4 fully saturated rings. The molecule has 0 unspecified atom stereocenters. The van der Waals surface area contributed by atoms with Crippen LogP contribution in [0.2, 0.25) is 0 Å². The molecule has 0 heterocycles. The van der Waals surface area contributed by atoms with E-state index in [1.807, 2.05) is 37.3 Å². The zero-order chi connectivity index (χ0) is 18.1. The smallest absolute Gasteiger partial charge is 0.251 e. The van der Waals surface area contributed by atoms with Gasteiger partial charge in [0.25, 0.3) is 5.91 Å². The number of nitrogens with one attached hydrogen (secondary N) is 2. The first-order valence-corrected chi connectivity index (χ1v) is 10.7. The largest absolute Gasteiger partial charge is 0.273 e. The Morgan fingerprint density at radius 2 is 1.62 bits per heavy atom. The highest BCUT2D eigenvalue weighted by Gasteiger charge is 2.51. The molecule has 4 nitrogen and oxygen atoms in total. The summed E-state index contributed by atoms with van der Waals surface area (Å²) >= 11 is 1.49. The molecule has 4 aliphatic carbocycles. The Hall–Kier alpha value is -1.49. The van der Waals surface area contributed by atoms with E-state index in [0.29, 0.717) is 6.42 Å². The highest BCUT2D eigenvalue weighted by molar-refractivity contribution is 8.00. The van der Waals surface area contributed by atoms with Crippen molar-refractivity contribution in [2.24, 2.45) is 23.2 Å². The second kappa shape index (κ2) is 7.26. The molecule has 2 amide bonds. The summed E-state index contributed by atoms with van der Waals surface area (Å²) in [5, 5.41) is -0.253. The van der Waals surface area contributed by atoms with E-state index >= 15 is 0 Å². The molecule has 4 aliphatic rings. The molecule has 2 N–H and O–H groups in total. The summed E-state index contributed by atoms with van der Waals surface area (Å²) in [5.41, 5.74) is 5.50. The first-order valence-electron chi connectivity index (χ1n) is 9.82. The maximum atomic E-state index is 12.5. The fraction of sp³-hybridized carbons (Fsp3) is 0.619. The fourth-order valence-corrected chi connectivity index (χ4v) is 6.77. The number of benzene rings is 1. The standard InChI is InChI=1S/C21H28N2O2S/c1-14(26-18-5-3-2-4-6-18)20(25)23-22-19(24)13-21-10-15-7-16(11-21)9-17(8-15)12-21/h2-6,14-17H,7-13H2,1H3,(H,22,24)(H,23,25)/t14-,15?,16?,17?,21?/m1/s1. The average Bonchev–Trinajstić information content (AvgIpc) is 2.59. The molecule has 0 spiro atoms. The van der Waals surface area contributed by atoms with Gasteiger partial charge in [0.05, 0.1) is 5.25 Å². The number of carbonyl (C=O) groups excluding carboxylic acids is 2. The van der Waals surface area contributed by atoms with Crippen LogP contribution in [-0.4, -0.2) is 17.1 Å². The van der Waals surface area contributed by atoms with Crippen molar-refractivity contribution in [3.8, 4) is 0 Å². The van der Waals surface area contributed by atoms with Gasteiger partial charge in [0.1, 0.15) is 0 Å². The topological polar surface area (TPSA) is 58.2 Å². The molecule has 4 saturated carbocycles. The quantitative estimate of drug-likeness (QED) is 0.608. The second-order valence-corrected chi connectivity index (χ2v) is 10.1. The number of carbonyl (C=O) groups is 2. The van der Waals surface area contributed by atoms with E-state index in [1.165, 1.54) is 50.3 Å². The minimum Gasteiger partial charge on any atom is -0.273 e. The fourth-order valence-electron chi connectivity index (χ4n) is 5.88. The van der Waals surface area contributed by atoms with Crippen molar-refractivity contribution >= 4 is 23.6 Å². The Labute approximate surface area is 159 Å². The maximum Gasteiger partial charge on any atom is 0.251 e. The Balaban J connectivity index is 1.26. The molecule has 140 valence electrons. The molecule has 0 aliphatic heterocycles. The van der Waals surface area contributed by atoms with Gasteiger partial charge in [-0.2, -0.15) is 0 Å². The lowest BCUT2D eigenvalue weighted by Gasteiger charge is -2.56. The van der Waals surface area contributed by atoms with Gasteiger partial charge in [-0.25, -0.2) is 0 Å². The van der Waals surface area contributed by atoms with Crippen molar-refractivity contribution in [1.29, 1.82) is 0 Å². The highest BCUT2D eigenvalue weighted by Crippen LogP contribution is 2.61. The zero-order valence-corrected chi connectivity index (χ0v) is 16.2. The predicted octanol–water partition coefficient (Wildman–Crippen LogP) is 3.92. The first-order chi connectivity index (χ1) is 12.5. The number of amides is 2. The van der Waals surface area contributed by atoms with Crippen LogP contribution in [-0.2, 0) is 9.59 Å². The average molecular weight is 373 g/mol. The van der Waals surface area contributed by atoms with Gasteiger partial charge in [-0.1, -0.05) is 18.2 Å². The van der Waals surface area contributed by atoms with Crippen LogP contribution >= 0.6 is 11.8 Å². The van der Waals surface area contributed by atoms with E-state index in [-0.39, 0.29) is 22.5 Å². The number of rotatable bonds is 5. The van der Waals surface area contributed by atoms with Crippen LogP contribution in [0.15, 0.2) is 35.2 Å². The van der Waals surface area contributed by atoms with E-state index in [4.69, 9.17) is 0 Å². The van der Waals surface area contributed by atoms with Crippen LogP contribution in [0.3, 0.4) is 0 Å². The van der Waals surface area contributed by atoms with Gasteiger partial charge in [0.15, 0.2) is 0 Å². The van der Waals surface area contributed by atoms with Gasteiger partial charge in [0, 0.05) is 11.3 Å². The molecule has 1 aromatic carbocycles.